The predicted octanol–water partition coefficient (Wildman–Crippen LogP) is 2.97. The van der Waals surface area contributed by atoms with Crippen LogP contribution < -0.4 is 0 Å². The lowest BCUT2D eigenvalue weighted by Crippen LogP contribution is -1.96. The summed E-state index contributed by atoms with van der Waals surface area (Å²) in [5, 5.41) is 10.7. The Morgan fingerprint density at radius 2 is 2.25 bits per heavy atom. The van der Waals surface area contributed by atoms with Gasteiger partial charge in [-0.05, 0) is 18.2 Å². The van der Waals surface area contributed by atoms with Gasteiger partial charge in [0.2, 0.25) is 5.70 Å². The molecule has 2 heterocycles. The van der Waals surface area contributed by atoms with Gasteiger partial charge in [0.1, 0.15) is 0 Å². The Kier molecular flexibility index (Phi) is 2.72. The molecule has 0 fully saturated rings. The van der Waals surface area contributed by atoms with E-state index in [1.165, 1.54) is 0 Å². The Bertz CT molecular complexity index is 555. The van der Waals surface area contributed by atoms with Crippen LogP contribution >= 0.6 is 0 Å². The maximum atomic E-state index is 10.7. The molecule has 0 saturated heterocycles. The summed E-state index contributed by atoms with van der Waals surface area (Å²) in [5.74, 6) is 0. The van der Waals surface area contributed by atoms with Crippen LogP contribution in [0.15, 0.2) is 42.4 Å². The summed E-state index contributed by atoms with van der Waals surface area (Å²) in [6.45, 7) is 1.78. The molecule has 0 aliphatic rings. The van der Waals surface area contributed by atoms with Crippen molar-refractivity contribution in [2.45, 2.75) is 13.3 Å². The molecule has 16 heavy (non-hydrogen) atoms. The molecule has 0 aliphatic carbocycles. The van der Waals surface area contributed by atoms with Gasteiger partial charge in [-0.15, -0.1) is 0 Å². The van der Waals surface area contributed by atoms with Crippen molar-refractivity contribution >= 4 is 11.6 Å². The third-order valence-corrected chi connectivity index (χ3v) is 2.52. The van der Waals surface area contributed by atoms with Crippen molar-refractivity contribution in [3.05, 3.63) is 58.0 Å². The van der Waals surface area contributed by atoms with Gasteiger partial charge in [0.05, 0.1) is 10.4 Å². The Labute approximate surface area is 93.0 Å². The first kappa shape index (κ1) is 10.4. The van der Waals surface area contributed by atoms with Gasteiger partial charge in [0.25, 0.3) is 0 Å². The van der Waals surface area contributed by atoms with E-state index in [2.05, 4.69) is 0 Å². The highest BCUT2D eigenvalue weighted by Crippen LogP contribution is 2.17. The van der Waals surface area contributed by atoms with Crippen LogP contribution in [0.4, 0.5) is 0 Å². The summed E-state index contributed by atoms with van der Waals surface area (Å²) >= 11 is 0. The topological polar surface area (TPSA) is 47.5 Å². The maximum absolute atomic E-state index is 10.7. The van der Waals surface area contributed by atoms with Crippen molar-refractivity contribution in [1.29, 1.82) is 0 Å². The summed E-state index contributed by atoms with van der Waals surface area (Å²) in [6.07, 6.45) is 5.88. The zero-order valence-corrected chi connectivity index (χ0v) is 8.96. The summed E-state index contributed by atoms with van der Waals surface area (Å²) in [6, 6.07) is 7.67. The first-order valence-electron chi connectivity index (χ1n) is 5.13. The lowest BCUT2D eigenvalue weighted by atomic mass is 10.2. The molecule has 0 amide bonds. The second-order valence-electron chi connectivity index (χ2n) is 3.51. The van der Waals surface area contributed by atoms with Crippen molar-refractivity contribution in [1.82, 2.24) is 4.40 Å². The van der Waals surface area contributed by atoms with Crippen LogP contribution in [-0.2, 0) is 0 Å². The second-order valence-corrected chi connectivity index (χ2v) is 3.51. The van der Waals surface area contributed by atoms with Crippen LogP contribution in [-0.4, -0.2) is 9.32 Å². The minimum atomic E-state index is -0.327. The fraction of sp³-hybridized carbons (Fsp3) is 0.167. The number of nitrogens with zero attached hydrogens (tertiary/aromatic N) is 2. The van der Waals surface area contributed by atoms with Crippen LogP contribution in [0.2, 0.25) is 0 Å². The van der Waals surface area contributed by atoms with Gasteiger partial charge in [-0.2, -0.15) is 0 Å². The normalized spacial score (nSPS) is 11.9. The number of nitro groups is 1. The molecule has 0 N–H and O–H groups in total. The van der Waals surface area contributed by atoms with Gasteiger partial charge in [0, 0.05) is 30.5 Å². The van der Waals surface area contributed by atoms with Crippen molar-refractivity contribution < 1.29 is 4.92 Å². The fourth-order valence-electron chi connectivity index (χ4n) is 1.66. The largest absolute Gasteiger partial charge is 0.323 e. The molecule has 0 bridgehead atoms. The molecule has 0 atom stereocenters. The predicted molar refractivity (Wildman–Crippen MR) is 62.7 cm³/mol. The number of hydrogen-bond acceptors (Lipinski definition) is 2. The van der Waals surface area contributed by atoms with Crippen LogP contribution in [0.25, 0.3) is 11.6 Å². The minimum absolute atomic E-state index is 0.233. The van der Waals surface area contributed by atoms with E-state index < -0.39 is 0 Å². The standard InChI is InChI=1S/C12H12N2O2/c1-2-11(14(15)16)9-10-6-8-13-7-4-3-5-12(10)13/h3-9H,2H2,1H3/b11-9+. The van der Waals surface area contributed by atoms with Crippen LogP contribution in [0, 0.1) is 10.1 Å². The SMILES string of the molecule is CC/C(=C\c1ccn2ccccc12)[N+](=O)[O-]. The molecule has 2 rings (SSSR count). The van der Waals surface area contributed by atoms with Crippen molar-refractivity contribution in [3.63, 3.8) is 0 Å². The van der Waals surface area contributed by atoms with Crippen molar-refractivity contribution in [2.75, 3.05) is 0 Å². The van der Waals surface area contributed by atoms with Crippen LogP contribution in [0.1, 0.15) is 18.9 Å². The van der Waals surface area contributed by atoms with E-state index in [-0.39, 0.29) is 10.6 Å². The minimum Gasteiger partial charge on any atom is -0.323 e. The second kappa shape index (κ2) is 4.18. The average Bonchev–Trinajstić information content (AvgIpc) is 2.69. The Morgan fingerprint density at radius 3 is 2.94 bits per heavy atom. The Morgan fingerprint density at radius 1 is 1.44 bits per heavy atom. The van der Waals surface area contributed by atoms with Crippen molar-refractivity contribution in [2.24, 2.45) is 0 Å². The van der Waals surface area contributed by atoms with Crippen LogP contribution in [0.3, 0.4) is 0 Å². The molecule has 4 heteroatoms. The van der Waals surface area contributed by atoms with E-state index in [4.69, 9.17) is 0 Å². The summed E-state index contributed by atoms with van der Waals surface area (Å²) in [7, 11) is 0. The Hall–Kier alpha value is -2.10. The number of fused-ring (bicyclic) bond motifs is 1. The summed E-state index contributed by atoms with van der Waals surface area (Å²) in [4.78, 5) is 10.4. The van der Waals surface area contributed by atoms with E-state index in [1.54, 1.807) is 13.0 Å². The van der Waals surface area contributed by atoms with E-state index in [0.717, 1.165) is 11.1 Å². The van der Waals surface area contributed by atoms with Gasteiger partial charge in [-0.25, -0.2) is 0 Å². The van der Waals surface area contributed by atoms with E-state index in [0.29, 0.717) is 6.42 Å². The lowest BCUT2D eigenvalue weighted by molar-refractivity contribution is -0.425. The molecule has 0 saturated carbocycles. The zero-order valence-electron chi connectivity index (χ0n) is 8.96. The highest BCUT2D eigenvalue weighted by molar-refractivity contribution is 5.70. The fourth-order valence-corrected chi connectivity index (χ4v) is 1.66. The van der Waals surface area contributed by atoms with Gasteiger partial charge >= 0.3 is 0 Å². The van der Waals surface area contributed by atoms with Gasteiger partial charge in [0.15, 0.2) is 0 Å². The first-order chi connectivity index (χ1) is 7.72. The van der Waals surface area contributed by atoms with Gasteiger partial charge in [-0.1, -0.05) is 13.0 Å². The average molecular weight is 216 g/mol. The molecule has 82 valence electrons. The molecule has 2 aromatic rings. The molecule has 4 nitrogen and oxygen atoms in total. The monoisotopic (exact) mass is 216 g/mol. The first-order valence-corrected chi connectivity index (χ1v) is 5.13. The van der Waals surface area contributed by atoms with Gasteiger partial charge in [-0.3, -0.25) is 10.1 Å². The summed E-state index contributed by atoms with van der Waals surface area (Å²) < 4.78 is 1.94. The molecular formula is C12H12N2O2. The van der Waals surface area contributed by atoms with E-state index in [9.17, 15) is 10.1 Å². The molecule has 0 spiro atoms. The zero-order chi connectivity index (χ0) is 11.5. The third-order valence-electron chi connectivity index (χ3n) is 2.52. The molecule has 0 aliphatic heterocycles. The number of rotatable bonds is 3. The van der Waals surface area contributed by atoms with Gasteiger partial charge < -0.3 is 4.40 Å². The molecular weight excluding hydrogens is 204 g/mol. The molecule has 2 aromatic heterocycles. The lowest BCUT2D eigenvalue weighted by Gasteiger charge is -1.96. The number of pyridine rings is 1. The quantitative estimate of drug-likeness (QED) is 0.585. The van der Waals surface area contributed by atoms with E-state index >= 15 is 0 Å². The van der Waals surface area contributed by atoms with Crippen molar-refractivity contribution in [3.8, 4) is 0 Å². The number of allylic oxidation sites excluding steroid dienone is 1. The van der Waals surface area contributed by atoms with Crippen LogP contribution in [0.5, 0.6) is 0 Å². The Balaban J connectivity index is 2.52. The summed E-state index contributed by atoms with van der Waals surface area (Å²) in [5.41, 5.74) is 2.10. The third kappa shape index (κ3) is 1.82. The highest BCUT2D eigenvalue weighted by atomic mass is 16.6. The smallest absolute Gasteiger partial charge is 0.246 e. The number of hydrogen-bond donors (Lipinski definition) is 0. The molecule has 0 radical (unpaired) electrons. The van der Waals surface area contributed by atoms with E-state index in [1.807, 2.05) is 41.1 Å². The maximum Gasteiger partial charge on any atom is 0.246 e. The molecule has 0 unspecified atom stereocenters. The number of aromatic nitrogens is 1. The highest BCUT2D eigenvalue weighted by Gasteiger charge is 2.08. The molecule has 0 aromatic carbocycles.